The SMILES string of the molecule is Cn1cnnc1C1(c2cc(Cl)nc(C3CC3)c2)CC(=O)C1. The van der Waals surface area contributed by atoms with Crippen LogP contribution in [-0.4, -0.2) is 25.5 Å². The highest BCUT2D eigenvalue weighted by molar-refractivity contribution is 6.29. The monoisotopic (exact) mass is 302 g/mol. The Balaban J connectivity index is 1.85. The van der Waals surface area contributed by atoms with Crippen molar-refractivity contribution in [3.05, 3.63) is 40.7 Å². The summed E-state index contributed by atoms with van der Waals surface area (Å²) in [6, 6.07) is 3.97. The molecule has 2 heterocycles. The zero-order valence-corrected chi connectivity index (χ0v) is 12.5. The van der Waals surface area contributed by atoms with Crippen molar-refractivity contribution >= 4 is 17.4 Å². The molecule has 0 aromatic carbocycles. The molecule has 0 bridgehead atoms. The molecule has 2 saturated carbocycles. The Morgan fingerprint density at radius 1 is 1.33 bits per heavy atom. The molecule has 2 fully saturated rings. The van der Waals surface area contributed by atoms with Gasteiger partial charge in [0, 0.05) is 31.5 Å². The normalized spacial score (nSPS) is 20.4. The highest BCUT2D eigenvalue weighted by atomic mass is 35.5. The second kappa shape index (κ2) is 4.37. The number of halogens is 1. The van der Waals surface area contributed by atoms with E-state index in [0.717, 1.165) is 17.1 Å². The number of nitrogens with zero attached hydrogens (tertiary/aromatic N) is 4. The molecule has 0 aliphatic heterocycles. The number of carbonyl (C=O) groups excluding carboxylic acids is 1. The van der Waals surface area contributed by atoms with Gasteiger partial charge in [0.25, 0.3) is 0 Å². The van der Waals surface area contributed by atoms with Gasteiger partial charge in [0.2, 0.25) is 0 Å². The first-order valence-electron chi connectivity index (χ1n) is 7.13. The molecule has 0 unspecified atom stereocenters. The van der Waals surface area contributed by atoms with E-state index in [-0.39, 0.29) is 5.78 Å². The first kappa shape index (κ1) is 13.0. The summed E-state index contributed by atoms with van der Waals surface area (Å²) in [6.07, 6.45) is 4.93. The van der Waals surface area contributed by atoms with Crippen LogP contribution < -0.4 is 0 Å². The van der Waals surface area contributed by atoms with E-state index in [1.54, 1.807) is 6.33 Å². The van der Waals surface area contributed by atoms with Crippen LogP contribution in [0.1, 0.15) is 48.7 Å². The molecular weight excluding hydrogens is 288 g/mol. The lowest BCUT2D eigenvalue weighted by Gasteiger charge is -2.39. The maximum absolute atomic E-state index is 11.7. The second-order valence-corrected chi connectivity index (χ2v) is 6.50. The smallest absolute Gasteiger partial charge is 0.144 e. The Morgan fingerprint density at radius 2 is 2.10 bits per heavy atom. The van der Waals surface area contributed by atoms with Crippen LogP contribution in [-0.2, 0) is 17.3 Å². The summed E-state index contributed by atoms with van der Waals surface area (Å²) in [5.74, 6) is 1.60. The number of pyridine rings is 1. The zero-order chi connectivity index (χ0) is 14.6. The molecule has 2 aromatic heterocycles. The number of aromatic nitrogens is 4. The Morgan fingerprint density at radius 3 is 2.67 bits per heavy atom. The molecule has 2 aromatic rings. The molecule has 0 radical (unpaired) electrons. The Labute approximate surface area is 127 Å². The van der Waals surface area contributed by atoms with Crippen molar-refractivity contribution in [2.75, 3.05) is 0 Å². The van der Waals surface area contributed by atoms with Gasteiger partial charge in [0.1, 0.15) is 23.1 Å². The minimum Gasteiger partial charge on any atom is -0.320 e. The second-order valence-electron chi connectivity index (χ2n) is 6.12. The maximum atomic E-state index is 11.7. The standard InChI is InChI=1S/C15H15ClN4O/c1-20-8-17-19-14(20)15(6-11(21)7-15)10-4-12(9-2-3-9)18-13(16)5-10/h4-5,8-9H,2-3,6-7H2,1H3. The van der Waals surface area contributed by atoms with E-state index in [9.17, 15) is 4.79 Å². The van der Waals surface area contributed by atoms with Crippen LogP contribution >= 0.6 is 11.6 Å². The van der Waals surface area contributed by atoms with Crippen molar-refractivity contribution in [1.82, 2.24) is 19.7 Å². The van der Waals surface area contributed by atoms with Crippen molar-refractivity contribution in [3.63, 3.8) is 0 Å². The van der Waals surface area contributed by atoms with Crippen LogP contribution in [0.3, 0.4) is 0 Å². The lowest BCUT2D eigenvalue weighted by Crippen LogP contribution is -2.44. The third kappa shape index (κ3) is 1.99. The fourth-order valence-electron chi connectivity index (χ4n) is 3.21. The third-order valence-corrected chi connectivity index (χ3v) is 4.69. The van der Waals surface area contributed by atoms with Crippen molar-refractivity contribution in [2.45, 2.75) is 37.0 Å². The zero-order valence-electron chi connectivity index (χ0n) is 11.7. The van der Waals surface area contributed by atoms with Crippen LogP contribution in [0.15, 0.2) is 18.5 Å². The van der Waals surface area contributed by atoms with Gasteiger partial charge in [-0.2, -0.15) is 0 Å². The van der Waals surface area contributed by atoms with Crippen molar-refractivity contribution in [3.8, 4) is 0 Å². The van der Waals surface area contributed by atoms with Crippen LogP contribution in [0, 0.1) is 0 Å². The van der Waals surface area contributed by atoms with Crippen LogP contribution in [0.4, 0.5) is 0 Å². The summed E-state index contributed by atoms with van der Waals surface area (Å²) in [7, 11) is 1.91. The van der Waals surface area contributed by atoms with Gasteiger partial charge in [-0.15, -0.1) is 10.2 Å². The number of ketones is 1. The molecular formula is C15H15ClN4O. The molecule has 0 saturated heterocycles. The lowest BCUT2D eigenvalue weighted by molar-refractivity contribution is -0.127. The minimum absolute atomic E-state index is 0.249. The van der Waals surface area contributed by atoms with Gasteiger partial charge in [-0.25, -0.2) is 4.98 Å². The molecule has 0 amide bonds. The third-order valence-electron chi connectivity index (χ3n) is 4.50. The summed E-state index contributed by atoms with van der Waals surface area (Å²) >= 11 is 6.21. The molecule has 2 aliphatic rings. The summed E-state index contributed by atoms with van der Waals surface area (Å²) < 4.78 is 1.89. The Kier molecular flexibility index (Phi) is 2.70. The summed E-state index contributed by atoms with van der Waals surface area (Å²) in [6.45, 7) is 0. The Bertz CT molecular complexity index is 727. The topological polar surface area (TPSA) is 60.7 Å². The van der Waals surface area contributed by atoms with E-state index in [1.165, 1.54) is 12.8 Å². The average molecular weight is 303 g/mol. The van der Waals surface area contributed by atoms with Crippen LogP contribution in [0.2, 0.25) is 5.15 Å². The van der Waals surface area contributed by atoms with E-state index in [4.69, 9.17) is 11.6 Å². The van der Waals surface area contributed by atoms with Gasteiger partial charge in [0.15, 0.2) is 0 Å². The molecule has 4 rings (SSSR count). The van der Waals surface area contributed by atoms with E-state index in [1.807, 2.05) is 17.7 Å². The van der Waals surface area contributed by atoms with E-state index in [0.29, 0.717) is 23.9 Å². The fraction of sp³-hybridized carbons (Fsp3) is 0.467. The summed E-state index contributed by atoms with van der Waals surface area (Å²) in [5.41, 5.74) is 1.69. The van der Waals surface area contributed by atoms with Crippen molar-refractivity contribution in [1.29, 1.82) is 0 Å². The quantitative estimate of drug-likeness (QED) is 0.817. The predicted octanol–water partition coefficient (Wildman–Crippen LogP) is 2.39. The highest BCUT2D eigenvalue weighted by Gasteiger charge is 2.50. The van der Waals surface area contributed by atoms with E-state index in [2.05, 4.69) is 21.2 Å². The molecule has 6 heteroatoms. The minimum atomic E-state index is -0.390. The maximum Gasteiger partial charge on any atom is 0.144 e. The van der Waals surface area contributed by atoms with Crippen LogP contribution in [0.25, 0.3) is 0 Å². The molecule has 108 valence electrons. The van der Waals surface area contributed by atoms with Gasteiger partial charge in [-0.05, 0) is 30.5 Å². The number of carbonyl (C=O) groups is 1. The van der Waals surface area contributed by atoms with Gasteiger partial charge in [0.05, 0.1) is 5.41 Å². The molecule has 2 aliphatic carbocycles. The van der Waals surface area contributed by atoms with Crippen LogP contribution in [0.5, 0.6) is 0 Å². The van der Waals surface area contributed by atoms with Gasteiger partial charge in [-0.3, -0.25) is 4.79 Å². The summed E-state index contributed by atoms with van der Waals surface area (Å²) in [4.78, 5) is 16.1. The van der Waals surface area contributed by atoms with E-state index < -0.39 is 5.41 Å². The number of hydrogen-bond acceptors (Lipinski definition) is 4. The highest BCUT2D eigenvalue weighted by Crippen LogP contribution is 2.48. The fourth-order valence-corrected chi connectivity index (χ4v) is 3.43. The number of hydrogen-bond donors (Lipinski definition) is 0. The lowest BCUT2D eigenvalue weighted by atomic mass is 9.63. The largest absolute Gasteiger partial charge is 0.320 e. The molecule has 0 N–H and O–H groups in total. The molecule has 0 spiro atoms. The van der Waals surface area contributed by atoms with Gasteiger partial charge >= 0.3 is 0 Å². The number of Topliss-reactive ketones (excluding diaryl/α,β-unsaturated/α-hetero) is 1. The number of rotatable bonds is 3. The average Bonchev–Trinajstić information content (AvgIpc) is 3.17. The van der Waals surface area contributed by atoms with Crippen molar-refractivity contribution < 1.29 is 4.79 Å². The summed E-state index contributed by atoms with van der Waals surface area (Å²) in [5, 5.41) is 8.70. The Hall–Kier alpha value is -1.75. The molecule has 5 nitrogen and oxygen atoms in total. The first-order chi connectivity index (χ1) is 10.1. The number of aryl methyl sites for hydroxylation is 1. The van der Waals surface area contributed by atoms with Gasteiger partial charge < -0.3 is 4.57 Å². The van der Waals surface area contributed by atoms with E-state index >= 15 is 0 Å². The van der Waals surface area contributed by atoms with Crippen molar-refractivity contribution in [2.24, 2.45) is 7.05 Å². The van der Waals surface area contributed by atoms with Gasteiger partial charge in [-0.1, -0.05) is 11.6 Å². The predicted molar refractivity (Wildman–Crippen MR) is 77.2 cm³/mol. The molecule has 21 heavy (non-hydrogen) atoms. The molecule has 0 atom stereocenters. The first-order valence-corrected chi connectivity index (χ1v) is 7.50.